The van der Waals surface area contributed by atoms with Gasteiger partial charge < -0.3 is 14.6 Å². The number of H-pyrrole nitrogens is 1. The molecule has 0 saturated carbocycles. The lowest BCUT2D eigenvalue weighted by Crippen LogP contribution is -2.37. The fraction of sp³-hybridized carbons (Fsp3) is 0.308. The van der Waals surface area contributed by atoms with Gasteiger partial charge in [-0.1, -0.05) is 32.0 Å². The molecule has 1 aliphatic heterocycles. The average Bonchev–Trinajstić information content (AvgIpc) is 3.06. The fourth-order valence-electron chi connectivity index (χ4n) is 4.32. The highest BCUT2D eigenvalue weighted by molar-refractivity contribution is 6.18. The van der Waals surface area contributed by atoms with Crippen LogP contribution in [0.1, 0.15) is 54.9 Å². The molecule has 32 heavy (non-hydrogen) atoms. The Morgan fingerprint density at radius 3 is 2.56 bits per heavy atom. The van der Waals surface area contributed by atoms with E-state index in [9.17, 15) is 14.0 Å². The number of carbonyl (C=O) groups excluding carboxylic acids is 2. The first-order chi connectivity index (χ1) is 15.1. The molecule has 2 heterocycles. The van der Waals surface area contributed by atoms with Gasteiger partial charge >= 0.3 is 5.97 Å². The van der Waals surface area contributed by atoms with Crippen LogP contribution in [0.15, 0.2) is 48.7 Å². The number of fused-ring (bicyclic) bond motifs is 3. The molecule has 5 nitrogen and oxygen atoms in total. The minimum atomic E-state index is -0.501. The van der Waals surface area contributed by atoms with E-state index in [1.54, 1.807) is 27.0 Å². The van der Waals surface area contributed by atoms with Gasteiger partial charge in [0.05, 0.1) is 17.4 Å². The van der Waals surface area contributed by atoms with Crippen LogP contribution in [0.2, 0.25) is 0 Å². The molecule has 0 fully saturated rings. The number of carbonyl (C=O) groups is 2. The van der Waals surface area contributed by atoms with E-state index in [-0.39, 0.29) is 17.8 Å². The van der Waals surface area contributed by atoms with Gasteiger partial charge in [-0.05, 0) is 56.2 Å². The predicted molar refractivity (Wildman–Crippen MR) is 123 cm³/mol. The van der Waals surface area contributed by atoms with E-state index in [1.807, 2.05) is 38.1 Å². The van der Waals surface area contributed by atoms with Gasteiger partial charge in [0.25, 0.3) is 5.91 Å². The van der Waals surface area contributed by atoms with Gasteiger partial charge in [-0.25, -0.2) is 9.18 Å². The van der Waals surface area contributed by atoms with E-state index < -0.39 is 11.4 Å². The number of para-hydroxylation sites is 1. The van der Waals surface area contributed by atoms with Crippen molar-refractivity contribution in [3.05, 3.63) is 76.9 Å². The number of hydrogen-bond acceptors (Lipinski definition) is 3. The van der Waals surface area contributed by atoms with Gasteiger partial charge in [-0.2, -0.15) is 0 Å². The zero-order valence-corrected chi connectivity index (χ0v) is 19.0. The van der Waals surface area contributed by atoms with Crippen molar-refractivity contribution < 1.29 is 18.7 Å². The number of ether oxygens (including phenoxy) is 1. The Hall–Kier alpha value is -3.41. The van der Waals surface area contributed by atoms with E-state index in [2.05, 4.69) is 4.98 Å². The van der Waals surface area contributed by atoms with Gasteiger partial charge in [-0.15, -0.1) is 0 Å². The first-order valence-electron chi connectivity index (χ1n) is 10.7. The van der Waals surface area contributed by atoms with Crippen molar-refractivity contribution in [1.29, 1.82) is 0 Å². The molecule has 0 aliphatic carbocycles. The Morgan fingerprint density at radius 2 is 1.88 bits per heavy atom. The molecule has 166 valence electrons. The van der Waals surface area contributed by atoms with Crippen molar-refractivity contribution in [2.75, 3.05) is 6.54 Å². The normalized spacial score (nSPS) is 15.3. The summed E-state index contributed by atoms with van der Waals surface area (Å²) in [6.45, 7) is 9.64. The summed E-state index contributed by atoms with van der Waals surface area (Å²) in [5, 5.41) is 1.00. The molecule has 0 atom stereocenters. The summed E-state index contributed by atoms with van der Waals surface area (Å²) in [7, 11) is 0. The van der Waals surface area contributed by atoms with Gasteiger partial charge in [0.2, 0.25) is 0 Å². The number of halogens is 1. The molecule has 6 heteroatoms. The zero-order chi connectivity index (χ0) is 23.2. The lowest BCUT2D eigenvalue weighted by Gasteiger charge is -2.29. The summed E-state index contributed by atoms with van der Waals surface area (Å²) in [5.74, 6) is -1.17. The number of nitrogens with zero attached hydrogens (tertiary/aromatic N) is 1. The van der Waals surface area contributed by atoms with Crippen LogP contribution in [0.4, 0.5) is 4.39 Å². The summed E-state index contributed by atoms with van der Waals surface area (Å²) < 4.78 is 19.3. The van der Waals surface area contributed by atoms with E-state index >= 15 is 0 Å². The van der Waals surface area contributed by atoms with Crippen molar-refractivity contribution in [1.82, 2.24) is 9.88 Å². The number of aromatic nitrogens is 1. The Kier molecular flexibility index (Phi) is 5.41. The van der Waals surface area contributed by atoms with Crippen LogP contribution in [-0.4, -0.2) is 34.4 Å². The van der Waals surface area contributed by atoms with Gasteiger partial charge in [-0.3, -0.25) is 4.79 Å². The monoisotopic (exact) mass is 434 g/mol. The smallest absolute Gasteiger partial charge is 0.342 e. The van der Waals surface area contributed by atoms with Crippen LogP contribution in [0, 0.1) is 12.7 Å². The highest BCUT2D eigenvalue weighted by Gasteiger charge is 2.37. The molecule has 0 unspecified atom stereocenters. The lowest BCUT2D eigenvalue weighted by molar-refractivity contribution is -0.140. The Balaban J connectivity index is 1.89. The summed E-state index contributed by atoms with van der Waals surface area (Å²) in [6.07, 6.45) is 1.26. The molecular weight excluding hydrogens is 407 g/mol. The molecule has 1 N–H and O–H groups in total. The molecule has 0 bridgehead atoms. The van der Waals surface area contributed by atoms with Gasteiger partial charge in [0.15, 0.2) is 0 Å². The summed E-state index contributed by atoms with van der Waals surface area (Å²) in [6, 6.07) is 12.2. The van der Waals surface area contributed by atoms with E-state index in [4.69, 9.17) is 4.74 Å². The fourth-order valence-corrected chi connectivity index (χ4v) is 4.32. The highest BCUT2D eigenvalue weighted by Crippen LogP contribution is 2.40. The van der Waals surface area contributed by atoms with E-state index in [0.717, 1.165) is 16.5 Å². The third-order valence-electron chi connectivity index (χ3n) is 5.73. The van der Waals surface area contributed by atoms with Gasteiger partial charge in [0.1, 0.15) is 5.82 Å². The molecule has 1 amide bonds. The van der Waals surface area contributed by atoms with Crippen molar-refractivity contribution in [3.63, 3.8) is 0 Å². The molecule has 1 aromatic heterocycles. The zero-order valence-electron chi connectivity index (χ0n) is 19.0. The van der Waals surface area contributed by atoms with Crippen molar-refractivity contribution >= 4 is 28.4 Å². The Morgan fingerprint density at radius 1 is 1.16 bits per heavy atom. The van der Waals surface area contributed by atoms with Crippen LogP contribution in [-0.2, 0) is 14.9 Å². The molecular formula is C26H27FN2O3. The first-order valence-corrected chi connectivity index (χ1v) is 10.7. The second kappa shape index (κ2) is 7.93. The van der Waals surface area contributed by atoms with Crippen LogP contribution in [0.3, 0.4) is 0 Å². The standard InChI is InChI=1S/C26H27FN2O3/c1-15(2)32-25(31)19-13-29(24(30)17-10-11-20(27)16(3)12-17)14-26(4,5)22-18-8-6-7-9-21(18)28-23(19)22/h6-13,15,28H,14H2,1-5H3. The molecule has 4 rings (SSSR count). The number of nitrogens with one attached hydrogen (secondary N) is 1. The SMILES string of the molecule is Cc1cc(C(=O)N2C=C(C(=O)OC(C)C)c3[nH]c4ccccc4c3C(C)(C)C2)ccc1F. The van der Waals surface area contributed by atoms with E-state index in [1.165, 1.54) is 23.1 Å². The molecule has 1 aliphatic rings. The number of hydrogen-bond donors (Lipinski definition) is 1. The minimum Gasteiger partial charge on any atom is -0.459 e. The number of aromatic amines is 1. The number of esters is 1. The highest BCUT2D eigenvalue weighted by atomic mass is 19.1. The maximum Gasteiger partial charge on any atom is 0.342 e. The number of rotatable bonds is 3. The van der Waals surface area contributed by atoms with Crippen LogP contribution >= 0.6 is 0 Å². The maximum absolute atomic E-state index is 13.8. The largest absolute Gasteiger partial charge is 0.459 e. The molecule has 0 spiro atoms. The number of benzene rings is 2. The Bertz CT molecular complexity index is 1250. The predicted octanol–water partition coefficient (Wildman–Crippen LogP) is 5.34. The molecule has 2 aromatic carbocycles. The topological polar surface area (TPSA) is 62.4 Å². The third kappa shape index (κ3) is 3.81. The molecule has 0 saturated heterocycles. The van der Waals surface area contributed by atoms with Crippen LogP contribution in [0.5, 0.6) is 0 Å². The summed E-state index contributed by atoms with van der Waals surface area (Å²) >= 11 is 0. The van der Waals surface area contributed by atoms with Crippen LogP contribution < -0.4 is 0 Å². The van der Waals surface area contributed by atoms with Gasteiger partial charge in [0, 0.05) is 34.6 Å². The second-order valence-corrected chi connectivity index (χ2v) is 9.20. The summed E-state index contributed by atoms with van der Waals surface area (Å²) in [4.78, 5) is 31.5. The van der Waals surface area contributed by atoms with Crippen LogP contribution in [0.25, 0.3) is 16.5 Å². The molecule has 3 aromatic rings. The lowest BCUT2D eigenvalue weighted by atomic mass is 9.81. The summed E-state index contributed by atoms with van der Waals surface area (Å²) in [5.41, 5.74) is 3.12. The van der Waals surface area contributed by atoms with Crippen molar-refractivity contribution in [2.45, 2.75) is 46.1 Å². The van der Waals surface area contributed by atoms with E-state index in [0.29, 0.717) is 28.9 Å². The second-order valence-electron chi connectivity index (χ2n) is 9.20. The van der Waals surface area contributed by atoms with Crippen molar-refractivity contribution in [3.8, 4) is 0 Å². The average molecular weight is 435 g/mol. The minimum absolute atomic E-state index is 0.294. The Labute approximate surface area is 186 Å². The number of amides is 1. The number of aryl methyl sites for hydroxylation is 1. The quantitative estimate of drug-likeness (QED) is 0.566. The molecule has 0 radical (unpaired) electrons. The maximum atomic E-state index is 13.8. The third-order valence-corrected chi connectivity index (χ3v) is 5.73. The first kappa shape index (κ1) is 21.8. The van der Waals surface area contributed by atoms with Crippen molar-refractivity contribution in [2.24, 2.45) is 0 Å².